The smallest absolute Gasteiger partial charge is 0.407 e. The number of carbonyl (C=O) groups excluding carboxylic acids is 1. The molecule has 0 saturated carbocycles. The first-order valence-corrected chi connectivity index (χ1v) is 5.88. The number of amides is 1. The minimum atomic E-state index is -0.354. The molecule has 3 nitrogen and oxygen atoms in total. The minimum absolute atomic E-state index is 0.319. The number of hydrogen-bond acceptors (Lipinski definition) is 2. The standard InChI is InChI=1S/C14H19NO2/c1-2-3-4-8-11-15-14(16)17-12-13-9-6-5-7-10-13/h2,5-7,9-10H,1,3-4,8,11-12H2,(H,15,16). The number of rotatable bonds is 7. The van der Waals surface area contributed by atoms with Gasteiger partial charge in [-0.1, -0.05) is 36.4 Å². The number of allylic oxidation sites excluding steroid dienone is 1. The maximum Gasteiger partial charge on any atom is 0.407 e. The zero-order valence-corrected chi connectivity index (χ0v) is 10.0. The van der Waals surface area contributed by atoms with Gasteiger partial charge in [0, 0.05) is 6.54 Å². The molecule has 0 saturated heterocycles. The van der Waals surface area contributed by atoms with Crippen LogP contribution in [0.3, 0.4) is 0 Å². The molecule has 0 aliphatic rings. The lowest BCUT2D eigenvalue weighted by molar-refractivity contribution is 0.139. The normalized spacial score (nSPS) is 9.65. The molecule has 1 N–H and O–H groups in total. The highest BCUT2D eigenvalue weighted by Gasteiger charge is 2.00. The molecule has 1 aromatic carbocycles. The first kappa shape index (κ1) is 13.3. The zero-order valence-electron chi connectivity index (χ0n) is 10.0. The molecule has 0 unspecified atom stereocenters. The van der Waals surface area contributed by atoms with Gasteiger partial charge in [-0.15, -0.1) is 6.58 Å². The lowest BCUT2D eigenvalue weighted by atomic mass is 10.2. The first-order valence-electron chi connectivity index (χ1n) is 5.88. The second-order valence-electron chi connectivity index (χ2n) is 3.77. The average Bonchev–Trinajstić information content (AvgIpc) is 2.37. The Kier molecular flexibility index (Phi) is 6.56. The van der Waals surface area contributed by atoms with E-state index in [2.05, 4.69) is 11.9 Å². The van der Waals surface area contributed by atoms with Gasteiger partial charge in [0.2, 0.25) is 0 Å². The second kappa shape index (κ2) is 8.39. The third kappa shape index (κ3) is 6.40. The van der Waals surface area contributed by atoms with Crippen molar-refractivity contribution in [2.24, 2.45) is 0 Å². The Hall–Kier alpha value is -1.77. The Bertz CT molecular complexity index is 335. The van der Waals surface area contributed by atoms with Gasteiger partial charge in [0.05, 0.1) is 0 Å². The van der Waals surface area contributed by atoms with Crippen molar-refractivity contribution in [1.82, 2.24) is 5.32 Å². The van der Waals surface area contributed by atoms with E-state index in [4.69, 9.17) is 4.74 Å². The van der Waals surface area contributed by atoms with Gasteiger partial charge in [0.1, 0.15) is 6.61 Å². The van der Waals surface area contributed by atoms with Crippen LogP contribution in [0.25, 0.3) is 0 Å². The van der Waals surface area contributed by atoms with E-state index < -0.39 is 0 Å². The summed E-state index contributed by atoms with van der Waals surface area (Å²) in [6.07, 6.45) is 4.51. The molecule has 1 rings (SSSR count). The summed E-state index contributed by atoms with van der Waals surface area (Å²) in [5, 5.41) is 2.72. The maximum atomic E-state index is 11.3. The van der Waals surface area contributed by atoms with Crippen molar-refractivity contribution in [1.29, 1.82) is 0 Å². The van der Waals surface area contributed by atoms with Gasteiger partial charge >= 0.3 is 6.09 Å². The van der Waals surface area contributed by atoms with Gasteiger partial charge in [-0.2, -0.15) is 0 Å². The van der Waals surface area contributed by atoms with Crippen molar-refractivity contribution in [3.05, 3.63) is 48.6 Å². The van der Waals surface area contributed by atoms with E-state index in [0.717, 1.165) is 24.8 Å². The number of carbonyl (C=O) groups is 1. The van der Waals surface area contributed by atoms with Crippen LogP contribution < -0.4 is 5.32 Å². The molecule has 0 radical (unpaired) electrons. The lowest BCUT2D eigenvalue weighted by Crippen LogP contribution is -2.25. The summed E-state index contributed by atoms with van der Waals surface area (Å²) in [4.78, 5) is 11.3. The van der Waals surface area contributed by atoms with Gasteiger partial charge in [0.15, 0.2) is 0 Å². The van der Waals surface area contributed by atoms with Crippen LogP contribution >= 0.6 is 0 Å². The topological polar surface area (TPSA) is 38.3 Å². The Morgan fingerprint density at radius 1 is 1.29 bits per heavy atom. The molecule has 0 aromatic heterocycles. The lowest BCUT2D eigenvalue weighted by Gasteiger charge is -2.06. The highest BCUT2D eigenvalue weighted by molar-refractivity contribution is 5.67. The number of unbranched alkanes of at least 4 members (excludes halogenated alkanes) is 2. The molecule has 0 bridgehead atoms. The average molecular weight is 233 g/mol. The molecule has 3 heteroatoms. The Morgan fingerprint density at radius 2 is 2.06 bits per heavy atom. The molecule has 0 heterocycles. The van der Waals surface area contributed by atoms with Crippen LogP contribution in [0.5, 0.6) is 0 Å². The van der Waals surface area contributed by atoms with Gasteiger partial charge in [-0.3, -0.25) is 0 Å². The summed E-state index contributed by atoms with van der Waals surface area (Å²) in [5.41, 5.74) is 0.995. The summed E-state index contributed by atoms with van der Waals surface area (Å²) in [6.45, 7) is 4.62. The van der Waals surface area contributed by atoms with Crippen LogP contribution in [0, 0.1) is 0 Å². The molecule has 92 valence electrons. The third-order valence-electron chi connectivity index (χ3n) is 2.32. The molecule has 0 atom stereocenters. The molecule has 0 fully saturated rings. The van der Waals surface area contributed by atoms with Crippen LogP contribution in [-0.2, 0) is 11.3 Å². The Labute approximate surface area is 102 Å². The summed E-state index contributed by atoms with van der Waals surface area (Å²) in [6, 6.07) is 9.63. The van der Waals surface area contributed by atoms with Gasteiger partial charge in [0.25, 0.3) is 0 Å². The van der Waals surface area contributed by atoms with Crippen LogP contribution in [-0.4, -0.2) is 12.6 Å². The van der Waals surface area contributed by atoms with Gasteiger partial charge in [-0.05, 0) is 24.8 Å². The second-order valence-corrected chi connectivity index (χ2v) is 3.77. The summed E-state index contributed by atoms with van der Waals surface area (Å²) in [7, 11) is 0. The Morgan fingerprint density at radius 3 is 2.76 bits per heavy atom. The van der Waals surface area contributed by atoms with Gasteiger partial charge in [-0.25, -0.2) is 4.79 Å². The minimum Gasteiger partial charge on any atom is -0.445 e. The predicted octanol–water partition coefficient (Wildman–Crippen LogP) is 3.27. The van der Waals surface area contributed by atoms with Crippen LogP contribution in [0.1, 0.15) is 24.8 Å². The fourth-order valence-electron chi connectivity index (χ4n) is 1.38. The van der Waals surface area contributed by atoms with Gasteiger partial charge < -0.3 is 10.1 Å². The molecule has 1 amide bonds. The van der Waals surface area contributed by atoms with E-state index in [1.54, 1.807) is 0 Å². The number of ether oxygens (including phenoxy) is 1. The summed E-state index contributed by atoms with van der Waals surface area (Å²) >= 11 is 0. The number of alkyl carbamates (subject to hydrolysis) is 1. The fourth-order valence-corrected chi connectivity index (χ4v) is 1.38. The van der Waals surface area contributed by atoms with Crippen molar-refractivity contribution >= 4 is 6.09 Å². The van der Waals surface area contributed by atoms with Crippen molar-refractivity contribution in [3.8, 4) is 0 Å². The SMILES string of the molecule is C=CCCCCNC(=O)OCc1ccccc1. The highest BCUT2D eigenvalue weighted by atomic mass is 16.5. The third-order valence-corrected chi connectivity index (χ3v) is 2.32. The zero-order chi connectivity index (χ0) is 12.3. The molecule has 0 aliphatic carbocycles. The number of benzene rings is 1. The van der Waals surface area contributed by atoms with Crippen molar-refractivity contribution < 1.29 is 9.53 Å². The molecular weight excluding hydrogens is 214 g/mol. The molecular formula is C14H19NO2. The molecule has 0 spiro atoms. The van der Waals surface area contributed by atoms with Crippen LogP contribution in [0.2, 0.25) is 0 Å². The molecule has 0 aliphatic heterocycles. The highest BCUT2D eigenvalue weighted by Crippen LogP contribution is 2.00. The van der Waals surface area contributed by atoms with Crippen LogP contribution in [0.4, 0.5) is 4.79 Å². The quantitative estimate of drug-likeness (QED) is 0.580. The number of hydrogen-bond donors (Lipinski definition) is 1. The summed E-state index contributed by atoms with van der Waals surface area (Å²) in [5.74, 6) is 0. The van der Waals surface area contributed by atoms with E-state index in [-0.39, 0.29) is 6.09 Å². The van der Waals surface area contributed by atoms with E-state index >= 15 is 0 Å². The summed E-state index contributed by atoms with van der Waals surface area (Å²) < 4.78 is 5.06. The van der Waals surface area contributed by atoms with Crippen molar-refractivity contribution in [2.45, 2.75) is 25.9 Å². The van der Waals surface area contributed by atoms with Crippen molar-refractivity contribution in [3.63, 3.8) is 0 Å². The van der Waals surface area contributed by atoms with Crippen LogP contribution in [0.15, 0.2) is 43.0 Å². The van der Waals surface area contributed by atoms with Crippen molar-refractivity contribution in [2.75, 3.05) is 6.54 Å². The van der Waals surface area contributed by atoms with E-state index in [9.17, 15) is 4.79 Å². The number of nitrogens with one attached hydrogen (secondary N) is 1. The monoisotopic (exact) mass is 233 g/mol. The largest absolute Gasteiger partial charge is 0.445 e. The molecule has 1 aromatic rings. The predicted molar refractivity (Wildman–Crippen MR) is 68.7 cm³/mol. The first-order chi connectivity index (χ1) is 8.33. The fraction of sp³-hybridized carbons (Fsp3) is 0.357. The molecule has 17 heavy (non-hydrogen) atoms. The Balaban J connectivity index is 2.07. The van der Waals surface area contributed by atoms with E-state index in [1.807, 2.05) is 36.4 Å². The maximum absolute atomic E-state index is 11.3. The van der Waals surface area contributed by atoms with E-state index in [1.165, 1.54) is 0 Å². The van der Waals surface area contributed by atoms with E-state index in [0.29, 0.717) is 13.2 Å².